The van der Waals surface area contributed by atoms with Gasteiger partial charge in [0, 0.05) is 5.54 Å². The van der Waals surface area contributed by atoms with Crippen LogP contribution in [0.25, 0.3) is 0 Å². The highest BCUT2D eigenvalue weighted by molar-refractivity contribution is 4.92. The van der Waals surface area contributed by atoms with Gasteiger partial charge >= 0.3 is 0 Å². The molecule has 2 rings (SSSR count). The number of rotatable bonds is 4. The largest absolute Gasteiger partial charge is 0.330 e. The zero-order valence-corrected chi connectivity index (χ0v) is 10.1. The van der Waals surface area contributed by atoms with Gasteiger partial charge in [-0.05, 0) is 76.8 Å². The molecule has 88 valence electrons. The van der Waals surface area contributed by atoms with Crippen molar-refractivity contribution >= 4 is 0 Å². The molecule has 2 heteroatoms. The van der Waals surface area contributed by atoms with Crippen molar-refractivity contribution in [2.24, 2.45) is 17.6 Å². The second-order valence-electron chi connectivity index (χ2n) is 5.92. The van der Waals surface area contributed by atoms with Crippen molar-refractivity contribution in [3.8, 4) is 0 Å². The molecule has 0 aromatic carbocycles. The van der Waals surface area contributed by atoms with E-state index in [0.29, 0.717) is 5.54 Å². The van der Waals surface area contributed by atoms with Crippen LogP contribution in [0.5, 0.6) is 0 Å². The van der Waals surface area contributed by atoms with Crippen molar-refractivity contribution in [3.05, 3.63) is 0 Å². The molecular weight excluding hydrogens is 184 g/mol. The molecule has 0 atom stereocenters. The summed E-state index contributed by atoms with van der Waals surface area (Å²) in [6.45, 7) is 4.52. The zero-order chi connectivity index (χ0) is 10.7. The Hall–Kier alpha value is -0.0800. The van der Waals surface area contributed by atoms with E-state index in [1.807, 2.05) is 0 Å². The van der Waals surface area contributed by atoms with Gasteiger partial charge in [-0.1, -0.05) is 0 Å². The third kappa shape index (κ3) is 2.94. The molecular formula is C13H26N2. The first kappa shape index (κ1) is 11.4. The van der Waals surface area contributed by atoms with Crippen molar-refractivity contribution in [2.75, 3.05) is 13.1 Å². The predicted molar refractivity (Wildman–Crippen MR) is 64.8 cm³/mol. The van der Waals surface area contributed by atoms with Crippen molar-refractivity contribution in [2.45, 2.75) is 57.4 Å². The van der Waals surface area contributed by atoms with E-state index < -0.39 is 0 Å². The third-order valence-electron chi connectivity index (χ3n) is 4.57. The average Bonchev–Trinajstić information content (AvgIpc) is 2.24. The van der Waals surface area contributed by atoms with Crippen molar-refractivity contribution in [1.29, 1.82) is 0 Å². The van der Waals surface area contributed by atoms with E-state index in [-0.39, 0.29) is 0 Å². The number of hydrogen-bond donors (Lipinski definition) is 2. The van der Waals surface area contributed by atoms with Crippen LogP contribution in [-0.4, -0.2) is 18.6 Å². The highest BCUT2D eigenvalue weighted by Gasteiger charge is 2.32. The summed E-state index contributed by atoms with van der Waals surface area (Å²) in [5.74, 6) is 1.74. The molecule has 2 aliphatic rings. The normalized spacial score (nSPS) is 34.8. The lowest BCUT2D eigenvalue weighted by molar-refractivity contribution is 0.179. The van der Waals surface area contributed by atoms with Gasteiger partial charge < -0.3 is 11.1 Å². The molecule has 0 aliphatic heterocycles. The standard InChI is InChI=1S/C13H26N2/c1-13(7-2-8-13)15-10-12-5-3-11(9-14)4-6-12/h11-12,15H,2-10,14H2,1H3. The minimum absolute atomic E-state index is 0.491. The first-order valence-corrected chi connectivity index (χ1v) is 6.67. The van der Waals surface area contributed by atoms with Crippen LogP contribution in [0.1, 0.15) is 51.9 Å². The van der Waals surface area contributed by atoms with Crippen molar-refractivity contribution in [3.63, 3.8) is 0 Å². The fourth-order valence-corrected chi connectivity index (χ4v) is 2.95. The van der Waals surface area contributed by atoms with Gasteiger partial charge in [-0.3, -0.25) is 0 Å². The number of hydrogen-bond acceptors (Lipinski definition) is 2. The van der Waals surface area contributed by atoms with E-state index in [2.05, 4.69) is 12.2 Å². The smallest absolute Gasteiger partial charge is 0.0153 e. The molecule has 0 radical (unpaired) electrons. The van der Waals surface area contributed by atoms with Crippen LogP contribution in [0.4, 0.5) is 0 Å². The lowest BCUT2D eigenvalue weighted by Gasteiger charge is -2.41. The minimum Gasteiger partial charge on any atom is -0.330 e. The Morgan fingerprint density at radius 2 is 1.73 bits per heavy atom. The predicted octanol–water partition coefficient (Wildman–Crippen LogP) is 2.28. The maximum absolute atomic E-state index is 5.71. The van der Waals surface area contributed by atoms with Gasteiger partial charge in [0.05, 0.1) is 0 Å². The van der Waals surface area contributed by atoms with Crippen LogP contribution >= 0.6 is 0 Å². The highest BCUT2D eigenvalue weighted by atomic mass is 15.0. The molecule has 2 fully saturated rings. The summed E-state index contributed by atoms with van der Waals surface area (Å²) in [5, 5.41) is 3.77. The first-order chi connectivity index (χ1) is 7.22. The fourth-order valence-electron chi connectivity index (χ4n) is 2.95. The van der Waals surface area contributed by atoms with E-state index in [1.54, 1.807) is 0 Å². The molecule has 2 aliphatic carbocycles. The Labute approximate surface area is 94.0 Å². The highest BCUT2D eigenvalue weighted by Crippen LogP contribution is 2.33. The van der Waals surface area contributed by atoms with E-state index in [0.717, 1.165) is 18.4 Å². The van der Waals surface area contributed by atoms with Crippen molar-refractivity contribution in [1.82, 2.24) is 5.32 Å². The molecule has 0 unspecified atom stereocenters. The summed E-state index contributed by atoms with van der Waals surface area (Å²) in [7, 11) is 0. The third-order valence-corrected chi connectivity index (χ3v) is 4.57. The van der Waals surface area contributed by atoms with Gasteiger partial charge in [0.2, 0.25) is 0 Å². The van der Waals surface area contributed by atoms with E-state index in [4.69, 9.17) is 5.73 Å². The van der Waals surface area contributed by atoms with Crippen LogP contribution in [-0.2, 0) is 0 Å². The van der Waals surface area contributed by atoms with E-state index >= 15 is 0 Å². The molecule has 0 aromatic rings. The fraction of sp³-hybridized carbons (Fsp3) is 1.00. The van der Waals surface area contributed by atoms with Gasteiger partial charge in [-0.25, -0.2) is 0 Å². The minimum atomic E-state index is 0.491. The van der Waals surface area contributed by atoms with Crippen LogP contribution in [0.3, 0.4) is 0 Å². The Morgan fingerprint density at radius 1 is 1.13 bits per heavy atom. The molecule has 0 saturated heterocycles. The molecule has 3 N–H and O–H groups in total. The van der Waals surface area contributed by atoms with Gasteiger partial charge in [0.15, 0.2) is 0 Å². The molecule has 2 nitrogen and oxygen atoms in total. The lowest BCUT2D eigenvalue weighted by atomic mass is 9.77. The van der Waals surface area contributed by atoms with Crippen LogP contribution < -0.4 is 11.1 Å². The number of nitrogens with two attached hydrogens (primary N) is 1. The molecule has 0 aromatic heterocycles. The zero-order valence-electron chi connectivity index (χ0n) is 10.1. The number of nitrogens with one attached hydrogen (secondary N) is 1. The van der Waals surface area contributed by atoms with Gasteiger partial charge in [0.1, 0.15) is 0 Å². The topological polar surface area (TPSA) is 38.0 Å². The van der Waals surface area contributed by atoms with Gasteiger partial charge in [-0.2, -0.15) is 0 Å². The van der Waals surface area contributed by atoms with E-state index in [1.165, 1.54) is 51.5 Å². The molecule has 0 spiro atoms. The average molecular weight is 210 g/mol. The van der Waals surface area contributed by atoms with Crippen LogP contribution in [0.15, 0.2) is 0 Å². The van der Waals surface area contributed by atoms with Gasteiger partial charge in [-0.15, -0.1) is 0 Å². The summed E-state index contributed by atoms with van der Waals surface area (Å²) >= 11 is 0. The van der Waals surface area contributed by atoms with Gasteiger partial charge in [0.25, 0.3) is 0 Å². The molecule has 2 saturated carbocycles. The van der Waals surface area contributed by atoms with Crippen LogP contribution in [0, 0.1) is 11.8 Å². The lowest BCUT2D eigenvalue weighted by Crippen LogP contribution is -2.50. The Morgan fingerprint density at radius 3 is 2.20 bits per heavy atom. The maximum Gasteiger partial charge on any atom is 0.0153 e. The Balaban J connectivity index is 1.64. The van der Waals surface area contributed by atoms with E-state index in [9.17, 15) is 0 Å². The molecule has 0 heterocycles. The Bertz CT molecular complexity index is 191. The summed E-state index contributed by atoms with van der Waals surface area (Å²) in [6, 6.07) is 0. The first-order valence-electron chi connectivity index (χ1n) is 6.67. The second-order valence-corrected chi connectivity index (χ2v) is 5.92. The Kier molecular flexibility index (Phi) is 3.68. The molecule has 15 heavy (non-hydrogen) atoms. The molecule has 0 amide bonds. The quantitative estimate of drug-likeness (QED) is 0.747. The summed E-state index contributed by atoms with van der Waals surface area (Å²) < 4.78 is 0. The SMILES string of the molecule is CC1(NCC2CCC(CN)CC2)CCC1. The maximum atomic E-state index is 5.71. The summed E-state index contributed by atoms with van der Waals surface area (Å²) in [5.41, 5.74) is 6.20. The summed E-state index contributed by atoms with van der Waals surface area (Å²) in [6.07, 6.45) is 9.69. The summed E-state index contributed by atoms with van der Waals surface area (Å²) in [4.78, 5) is 0. The van der Waals surface area contributed by atoms with Crippen molar-refractivity contribution < 1.29 is 0 Å². The van der Waals surface area contributed by atoms with Crippen LogP contribution in [0.2, 0.25) is 0 Å². The monoisotopic (exact) mass is 210 g/mol. The molecule has 0 bridgehead atoms. The second kappa shape index (κ2) is 4.84.